The van der Waals surface area contributed by atoms with Gasteiger partial charge in [0.05, 0.1) is 23.8 Å². The summed E-state index contributed by atoms with van der Waals surface area (Å²) in [6.07, 6.45) is 3.65. The normalized spacial score (nSPS) is 10.3. The Morgan fingerprint density at radius 1 is 1.00 bits per heavy atom. The van der Waals surface area contributed by atoms with Crippen LogP contribution >= 0.6 is 15.9 Å². The highest BCUT2D eigenvalue weighted by molar-refractivity contribution is 9.10. The molecule has 0 bridgehead atoms. The minimum atomic E-state index is 0.891. The monoisotopic (exact) mass is 319 g/mol. The van der Waals surface area contributed by atoms with Crippen molar-refractivity contribution in [1.82, 2.24) is 4.98 Å². The van der Waals surface area contributed by atoms with E-state index < -0.39 is 0 Å². The number of nitrogens with zero attached hydrogens (tertiary/aromatic N) is 1. The van der Waals surface area contributed by atoms with Crippen molar-refractivity contribution in [1.29, 1.82) is 0 Å². The Morgan fingerprint density at radius 3 is 2.26 bits per heavy atom. The van der Waals surface area contributed by atoms with Crippen LogP contribution in [0.2, 0.25) is 0 Å². The molecular formula is C15H18BrN3. The number of rotatable bonds is 4. The van der Waals surface area contributed by atoms with Gasteiger partial charge in [0.1, 0.15) is 0 Å². The Hall–Kier alpha value is -1.55. The Kier molecular flexibility index (Phi) is 4.43. The summed E-state index contributed by atoms with van der Waals surface area (Å²) in [6.45, 7) is 7.15. The standard InChI is InChI=1S/C15H18BrN3/c1-4-18-13-7-14(9-17-8-13)19-12-5-10(2)15(16)11(3)6-12/h5-9,18-19H,4H2,1-3H3. The van der Waals surface area contributed by atoms with Gasteiger partial charge in [-0.05, 0) is 50.1 Å². The molecule has 2 N–H and O–H groups in total. The summed E-state index contributed by atoms with van der Waals surface area (Å²) in [4.78, 5) is 4.23. The number of anilines is 3. The zero-order chi connectivity index (χ0) is 13.8. The van der Waals surface area contributed by atoms with Gasteiger partial charge in [-0.2, -0.15) is 0 Å². The van der Waals surface area contributed by atoms with Crippen molar-refractivity contribution in [3.05, 3.63) is 46.2 Å². The lowest BCUT2D eigenvalue weighted by Crippen LogP contribution is -1.99. The molecule has 4 heteroatoms. The molecule has 0 amide bonds. The molecule has 3 nitrogen and oxygen atoms in total. The van der Waals surface area contributed by atoms with Crippen LogP contribution in [-0.2, 0) is 0 Å². The fourth-order valence-electron chi connectivity index (χ4n) is 1.99. The van der Waals surface area contributed by atoms with Crippen LogP contribution in [0.3, 0.4) is 0 Å². The fraction of sp³-hybridized carbons (Fsp3) is 0.267. The van der Waals surface area contributed by atoms with Crippen molar-refractivity contribution in [2.75, 3.05) is 17.2 Å². The van der Waals surface area contributed by atoms with Gasteiger partial charge in [-0.1, -0.05) is 15.9 Å². The summed E-state index contributed by atoms with van der Waals surface area (Å²) >= 11 is 3.58. The van der Waals surface area contributed by atoms with Gasteiger partial charge in [0.25, 0.3) is 0 Å². The Balaban J connectivity index is 2.23. The molecule has 0 fully saturated rings. The summed E-state index contributed by atoms with van der Waals surface area (Å²) in [5.41, 5.74) is 5.53. The van der Waals surface area contributed by atoms with Crippen LogP contribution in [0.15, 0.2) is 35.1 Å². The quantitative estimate of drug-likeness (QED) is 0.862. The minimum Gasteiger partial charge on any atom is -0.384 e. The number of nitrogens with one attached hydrogen (secondary N) is 2. The van der Waals surface area contributed by atoms with Crippen LogP contribution in [0, 0.1) is 13.8 Å². The second-order valence-electron chi connectivity index (χ2n) is 4.54. The largest absolute Gasteiger partial charge is 0.384 e. The molecule has 1 heterocycles. The number of halogens is 1. The van der Waals surface area contributed by atoms with Crippen LogP contribution in [0.5, 0.6) is 0 Å². The molecular weight excluding hydrogens is 302 g/mol. The lowest BCUT2D eigenvalue weighted by molar-refractivity contribution is 1.19. The van der Waals surface area contributed by atoms with Crippen LogP contribution < -0.4 is 10.6 Å². The van der Waals surface area contributed by atoms with Gasteiger partial charge < -0.3 is 10.6 Å². The van der Waals surface area contributed by atoms with E-state index in [0.717, 1.165) is 28.1 Å². The molecule has 2 rings (SSSR count). The van der Waals surface area contributed by atoms with E-state index in [1.165, 1.54) is 11.1 Å². The topological polar surface area (TPSA) is 37.0 Å². The molecule has 0 saturated carbocycles. The van der Waals surface area contributed by atoms with E-state index >= 15 is 0 Å². The van der Waals surface area contributed by atoms with Crippen LogP contribution in [0.1, 0.15) is 18.1 Å². The summed E-state index contributed by atoms with van der Waals surface area (Å²) in [7, 11) is 0. The van der Waals surface area contributed by atoms with E-state index in [2.05, 4.69) is 70.5 Å². The SMILES string of the molecule is CCNc1cncc(Nc2cc(C)c(Br)c(C)c2)c1. The third-order valence-electron chi connectivity index (χ3n) is 2.84. The Bertz CT molecular complexity index is 558. The van der Waals surface area contributed by atoms with E-state index in [9.17, 15) is 0 Å². The van der Waals surface area contributed by atoms with Crippen molar-refractivity contribution < 1.29 is 0 Å². The van der Waals surface area contributed by atoms with E-state index in [1.807, 2.05) is 12.4 Å². The molecule has 2 aromatic rings. The van der Waals surface area contributed by atoms with Gasteiger partial charge in [0.2, 0.25) is 0 Å². The lowest BCUT2D eigenvalue weighted by atomic mass is 10.1. The first-order valence-electron chi connectivity index (χ1n) is 6.33. The van der Waals surface area contributed by atoms with Crippen molar-refractivity contribution in [2.24, 2.45) is 0 Å². The highest BCUT2D eigenvalue weighted by Crippen LogP contribution is 2.27. The number of pyridine rings is 1. The molecule has 100 valence electrons. The number of hydrogen-bond acceptors (Lipinski definition) is 3. The molecule has 0 aliphatic carbocycles. The average Bonchev–Trinajstić information content (AvgIpc) is 2.37. The van der Waals surface area contributed by atoms with Crippen LogP contribution in [0.4, 0.5) is 17.1 Å². The highest BCUT2D eigenvalue weighted by atomic mass is 79.9. The van der Waals surface area contributed by atoms with Crippen molar-refractivity contribution in [2.45, 2.75) is 20.8 Å². The van der Waals surface area contributed by atoms with Crippen molar-refractivity contribution in [3.8, 4) is 0 Å². The zero-order valence-corrected chi connectivity index (χ0v) is 13.0. The third kappa shape index (κ3) is 3.47. The molecule has 1 aromatic carbocycles. The molecule has 0 spiro atoms. The van der Waals surface area contributed by atoms with Crippen molar-refractivity contribution in [3.63, 3.8) is 0 Å². The maximum absolute atomic E-state index is 4.23. The third-order valence-corrected chi connectivity index (χ3v) is 4.10. The molecule has 1 aromatic heterocycles. The molecule has 0 atom stereocenters. The average molecular weight is 320 g/mol. The predicted octanol–water partition coefficient (Wildman–Crippen LogP) is 4.64. The summed E-state index contributed by atoms with van der Waals surface area (Å²) in [5.74, 6) is 0. The minimum absolute atomic E-state index is 0.891. The Morgan fingerprint density at radius 2 is 1.63 bits per heavy atom. The molecule has 19 heavy (non-hydrogen) atoms. The molecule has 0 saturated heterocycles. The number of hydrogen-bond donors (Lipinski definition) is 2. The van der Waals surface area contributed by atoms with Gasteiger partial charge in [-0.15, -0.1) is 0 Å². The maximum atomic E-state index is 4.23. The summed E-state index contributed by atoms with van der Waals surface area (Å²) < 4.78 is 1.16. The van der Waals surface area contributed by atoms with E-state index in [-0.39, 0.29) is 0 Å². The predicted molar refractivity (Wildman–Crippen MR) is 85.3 cm³/mol. The van der Waals surface area contributed by atoms with E-state index in [1.54, 1.807) is 0 Å². The van der Waals surface area contributed by atoms with Gasteiger partial charge in [0.15, 0.2) is 0 Å². The molecule has 0 radical (unpaired) electrons. The second-order valence-corrected chi connectivity index (χ2v) is 5.33. The van der Waals surface area contributed by atoms with Gasteiger partial charge in [-0.25, -0.2) is 0 Å². The van der Waals surface area contributed by atoms with Gasteiger partial charge in [-0.3, -0.25) is 4.98 Å². The Labute approximate surface area is 122 Å². The van der Waals surface area contributed by atoms with E-state index in [0.29, 0.717) is 0 Å². The van der Waals surface area contributed by atoms with Gasteiger partial charge in [0, 0.05) is 16.7 Å². The smallest absolute Gasteiger partial charge is 0.0591 e. The lowest BCUT2D eigenvalue weighted by Gasteiger charge is -2.11. The first kappa shape index (κ1) is 13.9. The fourth-order valence-corrected chi connectivity index (χ4v) is 2.22. The van der Waals surface area contributed by atoms with E-state index in [4.69, 9.17) is 0 Å². The maximum Gasteiger partial charge on any atom is 0.0591 e. The number of aryl methyl sites for hydroxylation is 2. The number of aromatic nitrogens is 1. The number of benzene rings is 1. The zero-order valence-electron chi connectivity index (χ0n) is 11.4. The van der Waals surface area contributed by atoms with Gasteiger partial charge >= 0.3 is 0 Å². The van der Waals surface area contributed by atoms with Crippen LogP contribution in [-0.4, -0.2) is 11.5 Å². The van der Waals surface area contributed by atoms with Crippen molar-refractivity contribution >= 4 is 33.0 Å². The molecule has 0 aliphatic rings. The first-order valence-corrected chi connectivity index (χ1v) is 7.12. The molecule has 0 aliphatic heterocycles. The second kappa shape index (κ2) is 6.06. The van der Waals surface area contributed by atoms with Crippen LogP contribution in [0.25, 0.3) is 0 Å². The summed E-state index contributed by atoms with van der Waals surface area (Å²) in [6, 6.07) is 6.30. The molecule has 0 unspecified atom stereocenters. The first-order chi connectivity index (χ1) is 9.10. The summed E-state index contributed by atoms with van der Waals surface area (Å²) in [5, 5.41) is 6.64. The highest BCUT2D eigenvalue weighted by Gasteiger charge is 2.03.